The maximum absolute atomic E-state index is 14.3. The van der Waals surface area contributed by atoms with E-state index in [9.17, 15) is 111 Å². The van der Waals surface area contributed by atoms with Gasteiger partial charge in [0.05, 0.1) is 16.7 Å². The van der Waals surface area contributed by atoms with Crippen LogP contribution in [0.25, 0.3) is 11.1 Å². The molecule has 5 aromatic rings. The lowest BCUT2D eigenvalue weighted by Crippen LogP contribution is -2.62. The first-order valence-electron chi connectivity index (χ1n) is 18.8. The van der Waals surface area contributed by atoms with Crippen LogP contribution < -0.4 is 4.74 Å². The minimum absolute atomic E-state index is 0.311. The van der Waals surface area contributed by atoms with Crippen LogP contribution in [0.15, 0.2) is 36.4 Å². The summed E-state index contributed by atoms with van der Waals surface area (Å²) in [5, 5.41) is 177. The topological polar surface area (TPSA) is 485 Å². The highest BCUT2D eigenvalue weighted by Gasteiger charge is 2.54. The number of rotatable bonds is 7. The van der Waals surface area contributed by atoms with Gasteiger partial charge >= 0.3 is 29.8 Å². The monoisotopic (exact) mass is 970 g/mol. The number of hydrogen-bond acceptors (Lipinski definition) is 27. The SMILES string of the molecule is O=C(O)c1cc(O)c(O)c(Oc2c(C(=O)OC3C(O)OC4COC(=O)c5cc(O)c(O)c(O)c5-c5c(cc(O)c(O)c5O)C(=O)OC4C3OC(=O)c3cc(O)c(O)c(O)c3O)cc(O)c(O)c2O)c1. The standard InChI is InChI=1S/C41H30O28/c42-13-1-8(36(57)58)2-18(23(13)48)65-32-12(6-17(46)27(52)31(32)56)40(62)69-35-34(68-39(61)11-5-16(45)26(51)30(55)22(11)47)33-19(66-41(35)63)7-64-37(59)9-3-14(43)24(49)28(53)20(9)21-10(38(60)67-33)4-15(44)25(50)29(21)54/h1-6,19,33-35,41-56,63H,7H2,(H,57,58). The Hall–Kier alpha value is -9.83. The predicted octanol–water partition coefficient (Wildman–Crippen LogP) is 1.29. The van der Waals surface area contributed by atoms with Gasteiger partial charge in [0.2, 0.25) is 40.2 Å². The molecule has 0 aromatic heterocycles. The molecule has 28 heteroatoms. The Balaban J connectivity index is 1.39. The largest absolute Gasteiger partial charge is 0.504 e. The highest BCUT2D eigenvalue weighted by Crippen LogP contribution is 2.54. The van der Waals surface area contributed by atoms with E-state index in [-0.39, 0.29) is 0 Å². The number of phenols is 15. The molecule has 2 aliphatic rings. The van der Waals surface area contributed by atoms with E-state index in [0.29, 0.717) is 36.4 Å². The highest BCUT2D eigenvalue weighted by atomic mass is 16.7. The van der Waals surface area contributed by atoms with Crippen LogP contribution in [0.4, 0.5) is 0 Å². The van der Waals surface area contributed by atoms with Crippen molar-refractivity contribution in [3.63, 3.8) is 0 Å². The molecular formula is C41H30O28. The van der Waals surface area contributed by atoms with Gasteiger partial charge in [0.1, 0.15) is 23.8 Å². The number of ether oxygens (including phenoxy) is 6. The molecule has 0 saturated carbocycles. The van der Waals surface area contributed by atoms with Gasteiger partial charge in [-0.3, -0.25) is 0 Å². The first-order valence-corrected chi connectivity index (χ1v) is 18.8. The molecule has 69 heavy (non-hydrogen) atoms. The Morgan fingerprint density at radius 1 is 0.522 bits per heavy atom. The summed E-state index contributed by atoms with van der Waals surface area (Å²) in [4.78, 5) is 67.6. The lowest BCUT2D eigenvalue weighted by atomic mass is 9.92. The van der Waals surface area contributed by atoms with Gasteiger partial charge in [-0.25, -0.2) is 24.0 Å². The first-order chi connectivity index (χ1) is 32.3. The van der Waals surface area contributed by atoms with Crippen molar-refractivity contribution in [2.45, 2.75) is 30.7 Å². The van der Waals surface area contributed by atoms with E-state index in [1.54, 1.807) is 0 Å². The molecular weight excluding hydrogens is 940 g/mol. The third-order valence-electron chi connectivity index (χ3n) is 10.3. The number of aliphatic hydroxyl groups excluding tert-OH is 1. The van der Waals surface area contributed by atoms with Gasteiger partial charge in [0, 0.05) is 23.3 Å². The Bertz CT molecular complexity index is 3050. The summed E-state index contributed by atoms with van der Waals surface area (Å²) >= 11 is 0. The molecule has 0 spiro atoms. The van der Waals surface area contributed by atoms with Gasteiger partial charge < -0.3 is 115 Å². The number of aromatic carboxylic acids is 1. The number of hydrogen-bond donors (Lipinski definition) is 17. The highest BCUT2D eigenvalue weighted by molar-refractivity contribution is 6.08. The van der Waals surface area contributed by atoms with Crippen LogP contribution in [0.1, 0.15) is 51.8 Å². The van der Waals surface area contributed by atoms with E-state index in [2.05, 4.69) is 0 Å². The predicted molar refractivity (Wildman–Crippen MR) is 212 cm³/mol. The molecule has 0 radical (unpaired) electrons. The van der Waals surface area contributed by atoms with Gasteiger partial charge in [-0.15, -0.1) is 0 Å². The van der Waals surface area contributed by atoms with Gasteiger partial charge in [-0.1, -0.05) is 0 Å². The average Bonchev–Trinajstić information content (AvgIpc) is 3.31. The number of aromatic hydroxyl groups is 15. The Labute approximate surface area is 379 Å². The Morgan fingerprint density at radius 2 is 1.00 bits per heavy atom. The Kier molecular flexibility index (Phi) is 11.7. The van der Waals surface area contributed by atoms with E-state index in [0.717, 1.165) is 0 Å². The maximum Gasteiger partial charge on any atom is 0.342 e. The zero-order chi connectivity index (χ0) is 50.8. The Morgan fingerprint density at radius 3 is 1.58 bits per heavy atom. The number of esters is 4. The van der Waals surface area contributed by atoms with Crippen LogP contribution >= 0.6 is 0 Å². The molecule has 28 nitrogen and oxygen atoms in total. The zero-order valence-corrected chi connectivity index (χ0v) is 33.7. The molecule has 17 N–H and O–H groups in total. The zero-order valence-electron chi connectivity index (χ0n) is 33.7. The fourth-order valence-electron chi connectivity index (χ4n) is 6.92. The third-order valence-corrected chi connectivity index (χ3v) is 10.3. The van der Waals surface area contributed by atoms with Crippen LogP contribution in [0.3, 0.4) is 0 Å². The lowest BCUT2D eigenvalue weighted by molar-refractivity contribution is -0.284. The van der Waals surface area contributed by atoms with E-state index in [1.807, 2.05) is 0 Å². The molecule has 1 fully saturated rings. The second kappa shape index (κ2) is 17.2. The van der Waals surface area contributed by atoms with Crippen molar-refractivity contribution in [2.75, 3.05) is 6.61 Å². The summed E-state index contributed by atoms with van der Waals surface area (Å²) in [5.74, 6) is -32.0. The van der Waals surface area contributed by atoms with Crippen molar-refractivity contribution in [3.8, 4) is 109 Å². The van der Waals surface area contributed by atoms with E-state index >= 15 is 0 Å². The van der Waals surface area contributed by atoms with E-state index in [4.69, 9.17) is 28.4 Å². The average molecular weight is 971 g/mol. The number of carboxylic acids is 1. The normalized spacial score (nSPS) is 18.8. The molecule has 2 heterocycles. The van der Waals surface area contributed by atoms with Crippen LogP contribution in [-0.2, 0) is 23.7 Å². The lowest BCUT2D eigenvalue weighted by Gasteiger charge is -2.42. The fourth-order valence-corrected chi connectivity index (χ4v) is 6.92. The number of cyclic esters (lactones) is 1. The van der Waals surface area contributed by atoms with Crippen LogP contribution in [0.2, 0.25) is 0 Å². The maximum atomic E-state index is 14.3. The number of carboxylic acid groups (broad SMARTS) is 1. The van der Waals surface area contributed by atoms with Gasteiger partial charge in [-0.05, 0) is 24.3 Å². The van der Waals surface area contributed by atoms with Gasteiger partial charge in [0.15, 0.2) is 82.1 Å². The van der Waals surface area contributed by atoms with Crippen LogP contribution in [-0.4, -0.2) is 154 Å². The summed E-state index contributed by atoms with van der Waals surface area (Å²) in [6.07, 6.45) is -12.7. The van der Waals surface area contributed by atoms with E-state index in [1.165, 1.54) is 0 Å². The summed E-state index contributed by atoms with van der Waals surface area (Å²) in [6.45, 7) is -1.27. The molecule has 5 atom stereocenters. The number of benzene rings is 5. The number of phenolic OH excluding ortho intramolecular Hbond substituents is 15. The van der Waals surface area contributed by atoms with Gasteiger partial charge in [-0.2, -0.15) is 0 Å². The summed E-state index contributed by atoms with van der Waals surface area (Å²) in [5.41, 5.74) is -7.54. The second-order valence-electron chi connectivity index (χ2n) is 14.5. The summed E-state index contributed by atoms with van der Waals surface area (Å²) in [6, 6.07) is 2.54. The molecule has 362 valence electrons. The second-order valence-corrected chi connectivity index (χ2v) is 14.5. The first kappa shape index (κ1) is 47.1. The van der Waals surface area contributed by atoms with Crippen LogP contribution in [0.5, 0.6) is 97.7 Å². The minimum Gasteiger partial charge on any atom is -0.504 e. The molecule has 0 bridgehead atoms. The smallest absolute Gasteiger partial charge is 0.342 e. The number of aliphatic hydroxyl groups is 1. The number of fused-ring (bicyclic) bond motifs is 4. The number of carbonyl (C=O) groups is 5. The minimum atomic E-state index is -2.71. The third kappa shape index (κ3) is 8.03. The van der Waals surface area contributed by atoms with Crippen molar-refractivity contribution < 1.29 is 139 Å². The quantitative estimate of drug-likeness (QED) is 0.0473. The van der Waals surface area contributed by atoms with Gasteiger partial charge in [0.25, 0.3) is 0 Å². The fraction of sp³-hybridized carbons (Fsp3) is 0.146. The molecule has 0 amide bonds. The molecule has 2 aliphatic heterocycles. The van der Waals surface area contributed by atoms with Crippen LogP contribution in [0, 0.1) is 0 Å². The van der Waals surface area contributed by atoms with Crippen molar-refractivity contribution in [1.29, 1.82) is 0 Å². The summed E-state index contributed by atoms with van der Waals surface area (Å²) in [7, 11) is 0. The van der Waals surface area contributed by atoms with Crippen molar-refractivity contribution in [3.05, 3.63) is 64.2 Å². The molecule has 0 aliphatic carbocycles. The van der Waals surface area contributed by atoms with Crippen molar-refractivity contribution in [1.82, 2.24) is 0 Å². The molecule has 7 rings (SSSR count). The van der Waals surface area contributed by atoms with Crippen molar-refractivity contribution >= 4 is 29.8 Å². The number of carbonyl (C=O) groups excluding carboxylic acids is 4. The summed E-state index contributed by atoms with van der Waals surface area (Å²) < 4.78 is 32.4. The van der Waals surface area contributed by atoms with Crippen molar-refractivity contribution in [2.24, 2.45) is 0 Å². The molecule has 1 saturated heterocycles. The van der Waals surface area contributed by atoms with E-state index < -0.39 is 204 Å². The molecule has 5 aromatic carbocycles. The molecule has 5 unspecified atom stereocenters.